The van der Waals surface area contributed by atoms with Crippen molar-refractivity contribution in [2.75, 3.05) is 27.3 Å². The van der Waals surface area contributed by atoms with E-state index in [1.165, 1.54) is 13.2 Å². The fourth-order valence-corrected chi connectivity index (χ4v) is 5.66. The van der Waals surface area contributed by atoms with Gasteiger partial charge in [0.15, 0.2) is 5.76 Å². The maximum atomic E-state index is 12.8. The molecule has 1 fully saturated rings. The number of ether oxygens (including phenoxy) is 2. The number of aromatic hydroxyl groups is 1. The van der Waals surface area contributed by atoms with Crippen molar-refractivity contribution in [3.05, 3.63) is 91.9 Å². The third-order valence-electron chi connectivity index (χ3n) is 7.37. The predicted octanol–water partition coefficient (Wildman–Crippen LogP) is 2.83. The molecule has 0 spiro atoms. The Morgan fingerprint density at radius 2 is 1.89 bits per heavy atom. The predicted molar refractivity (Wildman–Crippen MR) is 135 cm³/mol. The minimum Gasteiger partial charge on any atom is -0.502 e. The van der Waals surface area contributed by atoms with Crippen LogP contribution in [0.2, 0.25) is 0 Å². The monoisotopic (exact) mass is 506 g/mol. The van der Waals surface area contributed by atoms with E-state index in [0.29, 0.717) is 36.1 Å². The molecule has 9 nitrogen and oxygen atoms in total. The van der Waals surface area contributed by atoms with Crippen LogP contribution in [0.1, 0.15) is 47.5 Å². The zero-order valence-electron chi connectivity index (χ0n) is 20.9. The van der Waals surface area contributed by atoms with Gasteiger partial charge in [0, 0.05) is 43.4 Å². The first-order valence-electron chi connectivity index (χ1n) is 12.3. The van der Waals surface area contributed by atoms with Crippen molar-refractivity contribution in [3.8, 4) is 11.5 Å². The first-order valence-corrected chi connectivity index (χ1v) is 12.3. The maximum absolute atomic E-state index is 12.8. The number of hydrogen-bond donors (Lipinski definition) is 1. The smallest absolute Gasteiger partial charge is 0.306 e. The minimum absolute atomic E-state index is 0.0324. The van der Waals surface area contributed by atoms with Gasteiger partial charge in [-0.2, -0.15) is 0 Å². The topological polar surface area (TPSA) is 111 Å². The van der Waals surface area contributed by atoms with Crippen LogP contribution in [-0.4, -0.2) is 47.9 Å². The fourth-order valence-electron chi connectivity index (χ4n) is 5.66. The highest BCUT2D eigenvalue weighted by atomic mass is 16.5. The zero-order valence-corrected chi connectivity index (χ0v) is 20.9. The lowest BCUT2D eigenvalue weighted by molar-refractivity contribution is -0.140. The van der Waals surface area contributed by atoms with E-state index in [-0.39, 0.29) is 23.7 Å². The highest BCUT2D eigenvalue weighted by molar-refractivity contribution is 5.71. The number of aromatic nitrogens is 1. The number of esters is 1. The maximum Gasteiger partial charge on any atom is 0.306 e. The van der Waals surface area contributed by atoms with Crippen molar-refractivity contribution in [3.63, 3.8) is 0 Å². The van der Waals surface area contributed by atoms with Gasteiger partial charge in [0.1, 0.15) is 11.5 Å². The Hall–Kier alpha value is -3.85. The molecule has 2 aliphatic rings. The minimum atomic E-state index is -0.717. The lowest BCUT2D eigenvalue weighted by Crippen LogP contribution is -2.46. The van der Waals surface area contributed by atoms with Crippen LogP contribution in [0.4, 0.5) is 0 Å². The SMILES string of the molecule is COC(=O)C[C@H](c1ccc(OC)cc1)c1oc(CN2C[C@H]3C[C@@H](C2)c2cccc(=O)n2C3)cc(=O)c1O. The molecule has 9 heteroatoms. The number of rotatable bonds is 7. The fraction of sp³-hybridized carbons (Fsp3) is 0.393. The summed E-state index contributed by atoms with van der Waals surface area (Å²) in [5, 5.41) is 10.7. The Bertz CT molecular complexity index is 1410. The number of pyridine rings is 1. The molecule has 3 atom stereocenters. The standard InChI is InChI=1S/C28H30N2O7/c1-35-20-8-6-18(7-9-20)22(12-26(33)36-2)28-27(34)24(31)11-21(37-28)16-29-13-17-10-19(15-29)23-4-3-5-25(32)30(23)14-17/h3-9,11,17,19,22,34H,10,12-16H2,1-2H3/t17-,19+,22-/m1/s1. The molecule has 2 aromatic heterocycles. The van der Waals surface area contributed by atoms with Gasteiger partial charge < -0.3 is 23.6 Å². The van der Waals surface area contributed by atoms with Gasteiger partial charge >= 0.3 is 5.97 Å². The van der Waals surface area contributed by atoms with Crippen molar-refractivity contribution >= 4 is 5.97 Å². The highest BCUT2D eigenvalue weighted by Crippen LogP contribution is 2.37. The average molecular weight is 507 g/mol. The number of nitrogens with zero attached hydrogens (tertiary/aromatic N) is 2. The van der Waals surface area contributed by atoms with Crippen LogP contribution in [0.15, 0.2) is 62.5 Å². The molecule has 0 unspecified atom stereocenters. The summed E-state index contributed by atoms with van der Waals surface area (Å²) in [6, 6.07) is 13.7. The molecule has 1 N–H and O–H groups in total. The molecule has 0 radical (unpaired) electrons. The third-order valence-corrected chi connectivity index (χ3v) is 7.37. The number of piperidine rings is 1. The zero-order chi connectivity index (χ0) is 26.1. The van der Waals surface area contributed by atoms with Gasteiger partial charge in [-0.25, -0.2) is 0 Å². The molecule has 4 heterocycles. The van der Waals surface area contributed by atoms with E-state index >= 15 is 0 Å². The van der Waals surface area contributed by atoms with Crippen molar-refractivity contribution in [1.29, 1.82) is 0 Å². The van der Waals surface area contributed by atoms with Crippen molar-refractivity contribution in [2.24, 2.45) is 5.92 Å². The van der Waals surface area contributed by atoms with E-state index in [1.54, 1.807) is 43.5 Å². The molecule has 0 saturated carbocycles. The number of carbonyl (C=O) groups excluding carboxylic acids is 1. The average Bonchev–Trinajstić information content (AvgIpc) is 2.90. The second kappa shape index (κ2) is 10.3. The number of methoxy groups -OCH3 is 2. The normalized spacial score (nSPS) is 19.6. The quantitative estimate of drug-likeness (QED) is 0.487. The van der Waals surface area contributed by atoms with E-state index in [9.17, 15) is 19.5 Å². The van der Waals surface area contributed by atoms with E-state index in [0.717, 1.165) is 25.2 Å². The van der Waals surface area contributed by atoms with Gasteiger partial charge in [-0.1, -0.05) is 18.2 Å². The Balaban J connectivity index is 1.44. The number of hydrogen-bond acceptors (Lipinski definition) is 8. The van der Waals surface area contributed by atoms with E-state index in [1.807, 2.05) is 10.6 Å². The van der Waals surface area contributed by atoms with Crippen molar-refractivity contribution in [2.45, 2.75) is 37.8 Å². The van der Waals surface area contributed by atoms with Gasteiger partial charge in [0.05, 0.1) is 33.1 Å². The molecular formula is C28H30N2O7. The van der Waals surface area contributed by atoms with Gasteiger partial charge in [0.25, 0.3) is 5.56 Å². The molecule has 5 rings (SSSR count). The summed E-state index contributed by atoms with van der Waals surface area (Å²) in [6.07, 6.45) is 0.908. The van der Waals surface area contributed by atoms with Crippen LogP contribution in [0.5, 0.6) is 11.5 Å². The second-order valence-corrected chi connectivity index (χ2v) is 9.79. The molecule has 1 saturated heterocycles. The van der Waals surface area contributed by atoms with Crippen molar-refractivity contribution < 1.29 is 23.8 Å². The van der Waals surface area contributed by atoms with Gasteiger partial charge in [-0.3, -0.25) is 19.3 Å². The summed E-state index contributed by atoms with van der Waals surface area (Å²) < 4.78 is 18.1. The third kappa shape index (κ3) is 5.04. The summed E-state index contributed by atoms with van der Waals surface area (Å²) in [5.74, 6) is -0.107. The van der Waals surface area contributed by atoms with Crippen LogP contribution in [-0.2, 0) is 22.6 Å². The van der Waals surface area contributed by atoms with E-state index < -0.39 is 23.1 Å². The molecule has 3 aromatic rings. The molecule has 2 aliphatic heterocycles. The highest BCUT2D eigenvalue weighted by Gasteiger charge is 2.35. The molecule has 194 valence electrons. The van der Waals surface area contributed by atoms with Crippen LogP contribution >= 0.6 is 0 Å². The second-order valence-electron chi connectivity index (χ2n) is 9.79. The molecule has 1 aromatic carbocycles. The summed E-state index contributed by atoms with van der Waals surface area (Å²) in [7, 11) is 2.85. The molecule has 0 aliphatic carbocycles. The Kier molecular flexibility index (Phi) is 6.88. The molecule has 0 amide bonds. The summed E-state index contributed by atoms with van der Waals surface area (Å²) in [4.78, 5) is 39.6. The van der Waals surface area contributed by atoms with Gasteiger partial charge in [-0.15, -0.1) is 0 Å². The first kappa shape index (κ1) is 24.8. The first-order chi connectivity index (χ1) is 17.9. The van der Waals surface area contributed by atoms with Crippen LogP contribution in [0.25, 0.3) is 0 Å². The number of likely N-dealkylation sites (tertiary alicyclic amines) is 1. The van der Waals surface area contributed by atoms with E-state index in [2.05, 4.69) is 4.90 Å². The number of carbonyl (C=O) groups is 1. The van der Waals surface area contributed by atoms with Gasteiger partial charge in [0.2, 0.25) is 11.2 Å². The number of benzene rings is 1. The van der Waals surface area contributed by atoms with E-state index in [4.69, 9.17) is 13.9 Å². The lowest BCUT2D eigenvalue weighted by Gasteiger charge is -2.42. The Labute approximate surface area is 213 Å². The van der Waals surface area contributed by atoms with Crippen LogP contribution in [0, 0.1) is 5.92 Å². The number of fused-ring (bicyclic) bond motifs is 4. The Morgan fingerprint density at radius 3 is 2.62 bits per heavy atom. The largest absolute Gasteiger partial charge is 0.502 e. The summed E-state index contributed by atoms with van der Waals surface area (Å²) in [5.41, 5.74) is 1.19. The van der Waals surface area contributed by atoms with Crippen molar-refractivity contribution in [1.82, 2.24) is 9.47 Å². The molecule has 2 bridgehead atoms. The molecular weight excluding hydrogens is 476 g/mol. The van der Waals surface area contributed by atoms with Crippen LogP contribution in [0.3, 0.4) is 0 Å². The molecule has 37 heavy (non-hydrogen) atoms. The summed E-state index contributed by atoms with van der Waals surface area (Å²) >= 11 is 0. The lowest BCUT2D eigenvalue weighted by atomic mass is 9.83. The van der Waals surface area contributed by atoms with Gasteiger partial charge in [-0.05, 0) is 36.1 Å². The Morgan fingerprint density at radius 1 is 1.11 bits per heavy atom. The summed E-state index contributed by atoms with van der Waals surface area (Å²) in [6.45, 7) is 2.54. The van der Waals surface area contributed by atoms with Crippen LogP contribution < -0.4 is 15.7 Å².